The maximum absolute atomic E-state index is 4.34. The van der Waals surface area contributed by atoms with Gasteiger partial charge in [0.05, 0.1) is 0 Å². The SMILES string of the molecule is CN=C(NCCCC1CCCC1)NCCCN1CCCN(C)CC1.I. The topological polar surface area (TPSA) is 42.9 Å². The van der Waals surface area contributed by atoms with Crippen LogP contribution in [0.4, 0.5) is 0 Å². The highest BCUT2D eigenvalue weighted by molar-refractivity contribution is 14.0. The van der Waals surface area contributed by atoms with Crippen LogP contribution < -0.4 is 10.6 Å². The van der Waals surface area contributed by atoms with E-state index in [-0.39, 0.29) is 24.0 Å². The molecule has 1 aliphatic carbocycles. The Labute approximate surface area is 172 Å². The van der Waals surface area contributed by atoms with Crippen molar-refractivity contribution in [3.63, 3.8) is 0 Å². The van der Waals surface area contributed by atoms with Crippen LogP contribution in [0.3, 0.4) is 0 Å². The van der Waals surface area contributed by atoms with Gasteiger partial charge in [-0.05, 0) is 58.3 Å². The molecule has 1 heterocycles. The smallest absolute Gasteiger partial charge is 0.190 e. The Morgan fingerprint density at radius 1 is 0.960 bits per heavy atom. The quantitative estimate of drug-likeness (QED) is 0.251. The van der Waals surface area contributed by atoms with E-state index < -0.39 is 0 Å². The Hall–Kier alpha value is -0.0800. The molecule has 0 bridgehead atoms. The Morgan fingerprint density at radius 2 is 1.68 bits per heavy atom. The van der Waals surface area contributed by atoms with Crippen LogP contribution >= 0.6 is 24.0 Å². The van der Waals surface area contributed by atoms with Gasteiger partial charge in [0.2, 0.25) is 0 Å². The van der Waals surface area contributed by atoms with Crippen LogP contribution in [0.25, 0.3) is 0 Å². The number of guanidine groups is 1. The predicted molar refractivity (Wildman–Crippen MR) is 119 cm³/mol. The summed E-state index contributed by atoms with van der Waals surface area (Å²) in [6, 6.07) is 0. The Kier molecular flexibility index (Phi) is 12.9. The van der Waals surface area contributed by atoms with E-state index in [9.17, 15) is 0 Å². The second-order valence-corrected chi connectivity index (χ2v) is 7.57. The predicted octanol–water partition coefficient (Wildman–Crippen LogP) is 2.77. The van der Waals surface area contributed by atoms with Crippen LogP contribution in [0, 0.1) is 5.92 Å². The fraction of sp³-hybridized carbons (Fsp3) is 0.947. The lowest BCUT2D eigenvalue weighted by molar-refractivity contribution is 0.274. The van der Waals surface area contributed by atoms with Crippen molar-refractivity contribution >= 4 is 29.9 Å². The van der Waals surface area contributed by atoms with Gasteiger partial charge in [-0.15, -0.1) is 24.0 Å². The molecule has 2 aliphatic rings. The summed E-state index contributed by atoms with van der Waals surface area (Å²) in [4.78, 5) is 9.38. The molecule has 0 aromatic rings. The number of hydrogen-bond acceptors (Lipinski definition) is 3. The number of rotatable bonds is 8. The van der Waals surface area contributed by atoms with E-state index in [1.807, 2.05) is 7.05 Å². The zero-order chi connectivity index (χ0) is 17.0. The minimum atomic E-state index is 0. The zero-order valence-corrected chi connectivity index (χ0v) is 18.8. The van der Waals surface area contributed by atoms with E-state index in [1.165, 1.54) is 84.1 Å². The van der Waals surface area contributed by atoms with Crippen molar-refractivity contribution in [2.24, 2.45) is 10.9 Å². The second kappa shape index (κ2) is 14.0. The van der Waals surface area contributed by atoms with Crippen LogP contribution in [0.5, 0.6) is 0 Å². The highest BCUT2D eigenvalue weighted by atomic mass is 127. The fourth-order valence-corrected chi connectivity index (χ4v) is 3.95. The average molecular weight is 465 g/mol. The molecule has 6 heteroatoms. The van der Waals surface area contributed by atoms with E-state index in [4.69, 9.17) is 0 Å². The van der Waals surface area contributed by atoms with Crippen molar-refractivity contribution < 1.29 is 0 Å². The lowest BCUT2D eigenvalue weighted by Crippen LogP contribution is -2.39. The third kappa shape index (κ3) is 9.99. The van der Waals surface area contributed by atoms with Gasteiger partial charge in [-0.2, -0.15) is 0 Å². The monoisotopic (exact) mass is 465 g/mol. The highest BCUT2D eigenvalue weighted by Gasteiger charge is 2.14. The number of aliphatic imine (C=N–C) groups is 1. The molecule has 0 aromatic heterocycles. The number of likely N-dealkylation sites (N-methyl/N-ethyl adjacent to an activating group) is 1. The maximum atomic E-state index is 4.34. The van der Waals surface area contributed by atoms with E-state index in [1.54, 1.807) is 0 Å². The van der Waals surface area contributed by atoms with Crippen molar-refractivity contribution in [1.82, 2.24) is 20.4 Å². The Morgan fingerprint density at radius 3 is 2.40 bits per heavy atom. The summed E-state index contributed by atoms with van der Waals surface area (Å²) in [6.07, 6.45) is 11.0. The van der Waals surface area contributed by atoms with Gasteiger partial charge < -0.3 is 20.4 Å². The zero-order valence-electron chi connectivity index (χ0n) is 16.4. The molecule has 25 heavy (non-hydrogen) atoms. The third-order valence-electron chi connectivity index (χ3n) is 5.54. The second-order valence-electron chi connectivity index (χ2n) is 7.57. The van der Waals surface area contributed by atoms with E-state index in [2.05, 4.69) is 32.5 Å². The molecular formula is C19H40IN5. The van der Waals surface area contributed by atoms with Gasteiger partial charge in [0.1, 0.15) is 0 Å². The van der Waals surface area contributed by atoms with Crippen LogP contribution in [-0.4, -0.2) is 75.7 Å². The van der Waals surface area contributed by atoms with Crippen molar-refractivity contribution in [2.45, 2.75) is 51.4 Å². The first-order valence-corrected chi connectivity index (χ1v) is 10.1. The summed E-state index contributed by atoms with van der Waals surface area (Å²) >= 11 is 0. The van der Waals surface area contributed by atoms with E-state index in [0.717, 1.165) is 25.0 Å². The summed E-state index contributed by atoms with van der Waals surface area (Å²) in [5, 5.41) is 6.93. The molecule has 0 radical (unpaired) electrons. The van der Waals surface area contributed by atoms with E-state index >= 15 is 0 Å². The minimum absolute atomic E-state index is 0. The molecule has 2 rings (SSSR count). The van der Waals surface area contributed by atoms with Gasteiger partial charge in [-0.1, -0.05) is 25.7 Å². The van der Waals surface area contributed by atoms with Gasteiger partial charge in [0, 0.05) is 33.2 Å². The van der Waals surface area contributed by atoms with Gasteiger partial charge in [0.15, 0.2) is 5.96 Å². The number of hydrogen-bond donors (Lipinski definition) is 2. The number of nitrogens with zero attached hydrogens (tertiary/aromatic N) is 3. The largest absolute Gasteiger partial charge is 0.356 e. The lowest BCUT2D eigenvalue weighted by atomic mass is 10.0. The Balaban J connectivity index is 0.00000312. The molecule has 2 N–H and O–H groups in total. The molecule has 1 aliphatic heterocycles. The molecule has 1 saturated carbocycles. The third-order valence-corrected chi connectivity index (χ3v) is 5.54. The Bertz CT molecular complexity index is 358. The molecule has 0 aromatic carbocycles. The first-order valence-electron chi connectivity index (χ1n) is 10.1. The summed E-state index contributed by atoms with van der Waals surface area (Å²) in [7, 11) is 4.10. The molecule has 2 fully saturated rings. The van der Waals surface area contributed by atoms with E-state index in [0.29, 0.717) is 0 Å². The highest BCUT2D eigenvalue weighted by Crippen LogP contribution is 2.28. The lowest BCUT2D eigenvalue weighted by Gasteiger charge is -2.20. The minimum Gasteiger partial charge on any atom is -0.356 e. The molecule has 0 spiro atoms. The van der Waals surface area contributed by atoms with Gasteiger partial charge in [0.25, 0.3) is 0 Å². The molecular weight excluding hydrogens is 425 g/mol. The summed E-state index contributed by atoms with van der Waals surface area (Å²) in [5.41, 5.74) is 0. The van der Waals surface area contributed by atoms with Gasteiger partial charge >= 0.3 is 0 Å². The molecule has 5 nitrogen and oxygen atoms in total. The van der Waals surface area contributed by atoms with Crippen molar-refractivity contribution in [3.05, 3.63) is 0 Å². The fourth-order valence-electron chi connectivity index (χ4n) is 3.95. The van der Waals surface area contributed by atoms with Crippen LogP contribution in [0.2, 0.25) is 0 Å². The van der Waals surface area contributed by atoms with Crippen molar-refractivity contribution in [3.8, 4) is 0 Å². The summed E-state index contributed by atoms with van der Waals surface area (Å²) < 4.78 is 0. The molecule has 0 atom stereocenters. The maximum Gasteiger partial charge on any atom is 0.190 e. The first kappa shape index (κ1) is 23.0. The molecule has 148 valence electrons. The normalized spacial score (nSPS) is 21.0. The van der Waals surface area contributed by atoms with Crippen LogP contribution in [0.15, 0.2) is 4.99 Å². The van der Waals surface area contributed by atoms with Crippen LogP contribution in [0.1, 0.15) is 51.4 Å². The van der Waals surface area contributed by atoms with Gasteiger partial charge in [-0.3, -0.25) is 4.99 Å². The summed E-state index contributed by atoms with van der Waals surface area (Å²) in [5.74, 6) is 1.96. The van der Waals surface area contributed by atoms with Crippen molar-refractivity contribution in [2.75, 3.05) is 59.9 Å². The number of halogens is 1. The average Bonchev–Trinajstić information content (AvgIpc) is 3.02. The summed E-state index contributed by atoms with van der Waals surface area (Å²) in [6.45, 7) is 8.16. The van der Waals surface area contributed by atoms with Crippen LogP contribution in [-0.2, 0) is 0 Å². The standard InChI is InChI=1S/C19H39N5.HI/c1-20-19(21-11-5-10-18-8-3-4-9-18)22-12-6-14-24-15-7-13-23(2)16-17-24;/h18H,3-17H2,1-2H3,(H2,20,21,22);1H. The van der Waals surface area contributed by atoms with Crippen molar-refractivity contribution in [1.29, 1.82) is 0 Å². The number of nitrogens with one attached hydrogen (secondary N) is 2. The molecule has 0 amide bonds. The van der Waals surface area contributed by atoms with Gasteiger partial charge in [-0.25, -0.2) is 0 Å². The first-order chi connectivity index (χ1) is 11.8. The molecule has 1 saturated heterocycles. The molecule has 0 unspecified atom stereocenters.